The van der Waals surface area contributed by atoms with Crippen molar-refractivity contribution in [2.24, 2.45) is 0 Å². The van der Waals surface area contributed by atoms with Crippen LogP contribution in [0.1, 0.15) is 65.7 Å². The van der Waals surface area contributed by atoms with Crippen molar-refractivity contribution in [2.75, 3.05) is 12.4 Å². The maximum absolute atomic E-state index is 12.7. The molecule has 3 aromatic carbocycles. The molecule has 1 aliphatic carbocycles. The number of hydrogen-bond acceptors (Lipinski definition) is 6. The lowest BCUT2D eigenvalue weighted by Crippen LogP contribution is -2.17. The Bertz CT molecular complexity index is 1440. The largest absolute Gasteiger partial charge is 0.490 e. The highest BCUT2D eigenvalue weighted by Gasteiger charge is 2.15. The second-order valence-electron chi connectivity index (χ2n) is 9.73. The molecular weight excluding hydrogens is 492 g/mol. The molecule has 1 amide bonds. The average Bonchev–Trinajstić information content (AvgIpc) is 2.94. The zero-order chi connectivity index (χ0) is 27.0. The highest BCUT2D eigenvalue weighted by molar-refractivity contribution is 6.07. The third-order valence-corrected chi connectivity index (χ3v) is 6.94. The molecule has 1 N–H and O–H groups in total. The average molecular weight is 525 g/mol. The fraction of sp³-hybridized carbons (Fsp3) is 0.281. The number of para-hydroxylation sites is 1. The molecule has 0 unspecified atom stereocenters. The van der Waals surface area contributed by atoms with Crippen molar-refractivity contribution in [3.63, 3.8) is 0 Å². The van der Waals surface area contributed by atoms with Crippen LogP contribution in [0.25, 0.3) is 10.8 Å². The summed E-state index contributed by atoms with van der Waals surface area (Å²) in [5.74, 6) is 1.000. The van der Waals surface area contributed by atoms with Crippen LogP contribution in [0, 0.1) is 0 Å². The van der Waals surface area contributed by atoms with Gasteiger partial charge in [-0.2, -0.15) is 0 Å². The number of esters is 1. The summed E-state index contributed by atoms with van der Waals surface area (Å²) in [5.41, 5.74) is 0.970. The van der Waals surface area contributed by atoms with Crippen LogP contribution in [0.15, 0.2) is 79.0 Å². The van der Waals surface area contributed by atoms with Crippen molar-refractivity contribution in [1.82, 2.24) is 4.98 Å². The van der Waals surface area contributed by atoms with Crippen molar-refractivity contribution in [3.8, 4) is 17.4 Å². The van der Waals surface area contributed by atoms with Gasteiger partial charge in [-0.1, -0.05) is 43.5 Å². The van der Waals surface area contributed by atoms with E-state index in [1.165, 1.54) is 45.4 Å². The summed E-state index contributed by atoms with van der Waals surface area (Å²) in [5, 5.41) is 4.86. The number of nitrogens with one attached hydrogen (secondary N) is 1. The number of pyridine rings is 1. The van der Waals surface area contributed by atoms with E-state index in [1.807, 2.05) is 30.3 Å². The van der Waals surface area contributed by atoms with Crippen molar-refractivity contribution in [3.05, 3.63) is 90.1 Å². The lowest BCUT2D eigenvalue weighted by atomic mass is 9.98. The van der Waals surface area contributed by atoms with Crippen LogP contribution >= 0.6 is 0 Å². The standard InChI is InChI=1S/C32H32N2O5/c1-37-32(36)28-11-7-8-12-29(28)34-31(35)24-15-18-30(33-21-24)39-27-17-14-22-19-26(16-13-23(22)20-27)38-25-9-5-3-2-4-6-10-25/h7-8,11-21,25H,2-6,9-10H2,1H3,(H,34,35). The maximum atomic E-state index is 12.7. The number of nitrogens with zero attached hydrogens (tertiary/aromatic N) is 1. The smallest absolute Gasteiger partial charge is 0.339 e. The normalized spacial score (nSPS) is 14.2. The van der Waals surface area contributed by atoms with E-state index in [1.54, 1.807) is 36.4 Å². The van der Waals surface area contributed by atoms with Crippen molar-refractivity contribution in [2.45, 2.75) is 51.0 Å². The second kappa shape index (κ2) is 12.4. The zero-order valence-corrected chi connectivity index (χ0v) is 22.0. The van der Waals surface area contributed by atoms with E-state index >= 15 is 0 Å². The summed E-state index contributed by atoms with van der Waals surface area (Å²) in [7, 11) is 1.30. The number of aromatic nitrogens is 1. The maximum Gasteiger partial charge on any atom is 0.339 e. The number of fused-ring (bicyclic) bond motifs is 1. The highest BCUT2D eigenvalue weighted by Crippen LogP contribution is 2.29. The first-order valence-corrected chi connectivity index (χ1v) is 13.4. The van der Waals surface area contributed by atoms with Crippen LogP contribution in [0.2, 0.25) is 0 Å². The second-order valence-corrected chi connectivity index (χ2v) is 9.73. The first-order chi connectivity index (χ1) is 19.1. The lowest BCUT2D eigenvalue weighted by molar-refractivity contribution is 0.0602. The summed E-state index contributed by atoms with van der Waals surface area (Å²) in [4.78, 5) is 29.0. The predicted molar refractivity (Wildman–Crippen MR) is 151 cm³/mol. The lowest BCUT2D eigenvalue weighted by Gasteiger charge is -2.21. The van der Waals surface area contributed by atoms with Gasteiger partial charge in [-0.3, -0.25) is 4.79 Å². The quantitative estimate of drug-likeness (QED) is 0.251. The molecule has 7 heteroatoms. The van der Waals surface area contributed by atoms with Crippen LogP contribution in [-0.4, -0.2) is 30.1 Å². The monoisotopic (exact) mass is 524 g/mol. The van der Waals surface area contributed by atoms with Crippen LogP contribution in [-0.2, 0) is 4.74 Å². The Hall–Kier alpha value is -4.39. The number of carbonyl (C=O) groups excluding carboxylic acids is 2. The van der Waals surface area contributed by atoms with E-state index in [9.17, 15) is 9.59 Å². The highest BCUT2D eigenvalue weighted by atomic mass is 16.5. The Balaban J connectivity index is 1.22. The zero-order valence-electron chi connectivity index (χ0n) is 22.0. The van der Waals surface area contributed by atoms with Gasteiger partial charge in [0.05, 0.1) is 30.0 Å². The molecule has 5 rings (SSSR count). The molecule has 0 saturated heterocycles. The van der Waals surface area contributed by atoms with Crippen LogP contribution < -0.4 is 14.8 Å². The van der Waals surface area contributed by atoms with Gasteiger partial charge >= 0.3 is 5.97 Å². The fourth-order valence-corrected chi connectivity index (χ4v) is 4.84. The first kappa shape index (κ1) is 26.2. The number of ether oxygens (including phenoxy) is 3. The van der Waals surface area contributed by atoms with Crippen molar-refractivity contribution in [1.29, 1.82) is 0 Å². The summed E-state index contributed by atoms with van der Waals surface area (Å²) < 4.78 is 17.0. The molecule has 39 heavy (non-hydrogen) atoms. The summed E-state index contributed by atoms with van der Waals surface area (Å²) >= 11 is 0. The number of anilines is 1. The summed E-state index contributed by atoms with van der Waals surface area (Å²) in [6.07, 6.45) is 10.4. The Kier molecular flexibility index (Phi) is 8.36. The third kappa shape index (κ3) is 6.74. The molecule has 1 aromatic heterocycles. The van der Waals surface area contributed by atoms with Gasteiger partial charge in [0, 0.05) is 12.3 Å². The number of methoxy groups -OCH3 is 1. The Morgan fingerprint density at radius 2 is 1.51 bits per heavy atom. The molecule has 0 aliphatic heterocycles. The topological polar surface area (TPSA) is 86.8 Å². The molecular formula is C32H32N2O5. The number of benzene rings is 3. The minimum atomic E-state index is -0.526. The fourth-order valence-electron chi connectivity index (χ4n) is 4.84. The third-order valence-electron chi connectivity index (χ3n) is 6.94. The molecule has 0 bridgehead atoms. The van der Waals surface area contributed by atoms with Gasteiger partial charge in [-0.15, -0.1) is 0 Å². The van der Waals surface area contributed by atoms with E-state index in [0.717, 1.165) is 29.4 Å². The Morgan fingerprint density at radius 1 is 0.821 bits per heavy atom. The van der Waals surface area contributed by atoms with E-state index in [4.69, 9.17) is 14.2 Å². The molecule has 1 fully saturated rings. The Morgan fingerprint density at radius 3 is 2.23 bits per heavy atom. The van der Waals surface area contributed by atoms with E-state index in [0.29, 0.717) is 29.0 Å². The van der Waals surface area contributed by atoms with E-state index in [-0.39, 0.29) is 5.56 Å². The molecule has 7 nitrogen and oxygen atoms in total. The Labute approximate surface area is 228 Å². The first-order valence-electron chi connectivity index (χ1n) is 13.4. The van der Waals surface area contributed by atoms with Gasteiger partial charge in [0.2, 0.25) is 5.88 Å². The van der Waals surface area contributed by atoms with E-state index in [2.05, 4.69) is 16.4 Å². The SMILES string of the molecule is COC(=O)c1ccccc1NC(=O)c1ccc(Oc2ccc3cc(OC4CCCCCCC4)ccc3c2)nc1. The molecule has 4 aromatic rings. The molecule has 1 saturated carbocycles. The van der Waals surface area contributed by atoms with Crippen LogP contribution in [0.5, 0.6) is 17.4 Å². The van der Waals surface area contributed by atoms with Gasteiger partial charge in [-0.05, 0) is 78.9 Å². The molecule has 1 heterocycles. The molecule has 0 atom stereocenters. The van der Waals surface area contributed by atoms with Crippen molar-refractivity contribution < 1.29 is 23.8 Å². The van der Waals surface area contributed by atoms with Gasteiger partial charge < -0.3 is 19.5 Å². The molecule has 200 valence electrons. The predicted octanol–water partition coefficient (Wildman–Crippen LogP) is 7.56. The number of amides is 1. The summed E-state index contributed by atoms with van der Waals surface area (Å²) in [6.45, 7) is 0. The molecule has 0 radical (unpaired) electrons. The van der Waals surface area contributed by atoms with E-state index < -0.39 is 11.9 Å². The van der Waals surface area contributed by atoms with Gasteiger partial charge in [0.1, 0.15) is 11.5 Å². The van der Waals surface area contributed by atoms with Crippen LogP contribution in [0.3, 0.4) is 0 Å². The minimum Gasteiger partial charge on any atom is -0.490 e. The number of carbonyl (C=O) groups is 2. The van der Waals surface area contributed by atoms with Gasteiger partial charge in [-0.25, -0.2) is 9.78 Å². The van der Waals surface area contributed by atoms with Crippen molar-refractivity contribution >= 4 is 28.3 Å². The summed E-state index contributed by atoms with van der Waals surface area (Å²) in [6, 6.07) is 21.9. The number of hydrogen-bond donors (Lipinski definition) is 1. The minimum absolute atomic E-state index is 0.274. The van der Waals surface area contributed by atoms with Gasteiger partial charge in [0.25, 0.3) is 5.91 Å². The van der Waals surface area contributed by atoms with Crippen LogP contribution in [0.4, 0.5) is 5.69 Å². The molecule has 0 spiro atoms. The van der Waals surface area contributed by atoms with Gasteiger partial charge in [0.15, 0.2) is 0 Å². The number of rotatable bonds is 7. The molecule has 1 aliphatic rings.